The first-order valence-corrected chi connectivity index (χ1v) is 11.2. The first-order valence-electron chi connectivity index (χ1n) is 10.4. The van der Waals surface area contributed by atoms with Crippen molar-refractivity contribution in [2.75, 3.05) is 25.7 Å². The van der Waals surface area contributed by atoms with E-state index >= 15 is 0 Å². The Hall–Kier alpha value is -2.90. The van der Waals surface area contributed by atoms with E-state index in [1.165, 1.54) is 11.3 Å². The summed E-state index contributed by atoms with van der Waals surface area (Å²) in [6, 6.07) is 15.9. The monoisotopic (exact) mass is 437 g/mol. The molecule has 0 aliphatic carbocycles. The lowest BCUT2D eigenvalue weighted by Gasteiger charge is -2.26. The molecule has 0 saturated carbocycles. The molecule has 3 aromatic rings. The molecule has 6 nitrogen and oxygen atoms in total. The number of benzene rings is 2. The largest absolute Gasteiger partial charge is 0.497 e. The van der Waals surface area contributed by atoms with E-state index in [0.717, 1.165) is 54.4 Å². The molecular weight excluding hydrogens is 410 g/mol. The van der Waals surface area contributed by atoms with Crippen LogP contribution in [0.3, 0.4) is 0 Å². The second kappa shape index (κ2) is 9.49. The summed E-state index contributed by atoms with van der Waals surface area (Å²) in [6.07, 6.45) is 2.18. The fraction of sp³-hybridized carbons (Fsp3) is 0.333. The zero-order valence-electron chi connectivity index (χ0n) is 18.1. The molecule has 0 spiro atoms. The highest BCUT2D eigenvalue weighted by Crippen LogP contribution is 2.40. The number of amides is 1. The average Bonchev–Trinajstić information content (AvgIpc) is 3.44. The summed E-state index contributed by atoms with van der Waals surface area (Å²) in [7, 11) is 3.39. The van der Waals surface area contributed by atoms with Gasteiger partial charge in [-0.3, -0.25) is 14.6 Å². The fourth-order valence-corrected chi connectivity index (χ4v) is 5.03. The number of hydrogen-bond acceptors (Lipinski definition) is 6. The number of likely N-dealkylation sites (tertiary alicyclic amines) is 1. The summed E-state index contributed by atoms with van der Waals surface area (Å²) in [5.74, 6) is 1.66. The summed E-state index contributed by atoms with van der Waals surface area (Å²) in [5.41, 5.74) is 2.94. The quantitative estimate of drug-likeness (QED) is 0.510. The molecular formula is C24H27N3O3S. The number of para-hydroxylation sites is 1. The Balaban J connectivity index is 1.56. The second-order valence-electron chi connectivity index (χ2n) is 7.55. The van der Waals surface area contributed by atoms with Crippen LogP contribution in [-0.4, -0.2) is 36.6 Å². The number of thiazole rings is 1. The van der Waals surface area contributed by atoms with Crippen molar-refractivity contribution in [2.24, 2.45) is 0 Å². The predicted molar refractivity (Wildman–Crippen MR) is 123 cm³/mol. The zero-order chi connectivity index (χ0) is 21.8. The number of ether oxygens (including phenoxy) is 2. The van der Waals surface area contributed by atoms with Crippen LogP contribution >= 0.6 is 11.3 Å². The highest BCUT2D eigenvalue weighted by molar-refractivity contribution is 7.14. The van der Waals surface area contributed by atoms with Gasteiger partial charge in [0.2, 0.25) is 5.91 Å². The molecule has 1 atom stereocenters. The van der Waals surface area contributed by atoms with E-state index in [4.69, 9.17) is 14.5 Å². The van der Waals surface area contributed by atoms with Gasteiger partial charge in [0.25, 0.3) is 0 Å². The number of methoxy groups -OCH3 is 2. The first kappa shape index (κ1) is 21.3. The maximum Gasteiger partial charge on any atom is 0.230 e. The molecule has 1 unspecified atom stereocenters. The Bertz CT molecular complexity index is 1040. The summed E-state index contributed by atoms with van der Waals surface area (Å²) in [5, 5.41) is 2.75. The Kier molecular flexibility index (Phi) is 6.53. The molecule has 4 rings (SSSR count). The molecule has 0 radical (unpaired) electrons. The molecule has 2 heterocycles. The van der Waals surface area contributed by atoms with Crippen molar-refractivity contribution < 1.29 is 14.3 Å². The van der Waals surface area contributed by atoms with E-state index in [9.17, 15) is 4.79 Å². The number of hydrogen-bond donors (Lipinski definition) is 0. The van der Waals surface area contributed by atoms with Crippen LogP contribution in [0.2, 0.25) is 0 Å². The molecule has 1 aromatic heterocycles. The predicted octanol–water partition coefficient (Wildman–Crippen LogP) is 5.18. The van der Waals surface area contributed by atoms with Crippen LogP contribution < -0.4 is 14.4 Å². The lowest BCUT2D eigenvalue weighted by Crippen LogP contribution is -2.24. The molecule has 1 saturated heterocycles. The van der Waals surface area contributed by atoms with E-state index in [1.807, 2.05) is 47.8 Å². The van der Waals surface area contributed by atoms with Crippen molar-refractivity contribution in [1.29, 1.82) is 0 Å². The molecule has 7 heteroatoms. The maximum absolute atomic E-state index is 12.3. The standard InChI is InChI=1S/C24H27N3O3S/c1-17(28)27(19-8-5-4-6-9-19)24-25-18(16-31-24)15-26-13-7-10-22(26)21-14-20(29-2)11-12-23(21)30-3/h4-6,8-9,11-12,14,16,22H,7,10,13,15H2,1-3H3. The highest BCUT2D eigenvalue weighted by atomic mass is 32.1. The Morgan fingerprint density at radius 3 is 2.71 bits per heavy atom. The van der Waals surface area contributed by atoms with Crippen LogP contribution in [0.15, 0.2) is 53.9 Å². The minimum absolute atomic E-state index is 0.0488. The van der Waals surface area contributed by atoms with E-state index in [1.54, 1.807) is 26.0 Å². The number of aromatic nitrogens is 1. The van der Waals surface area contributed by atoms with Crippen molar-refractivity contribution in [1.82, 2.24) is 9.88 Å². The minimum atomic E-state index is -0.0488. The van der Waals surface area contributed by atoms with Gasteiger partial charge < -0.3 is 9.47 Å². The first-order chi connectivity index (χ1) is 15.1. The van der Waals surface area contributed by atoms with Crippen LogP contribution in [0.25, 0.3) is 0 Å². The number of carbonyl (C=O) groups excluding carboxylic acids is 1. The third-order valence-electron chi connectivity index (χ3n) is 5.58. The van der Waals surface area contributed by atoms with Gasteiger partial charge in [-0.2, -0.15) is 0 Å². The number of anilines is 2. The van der Waals surface area contributed by atoms with Crippen LogP contribution in [0.1, 0.15) is 37.1 Å². The smallest absolute Gasteiger partial charge is 0.230 e. The number of nitrogens with zero attached hydrogens (tertiary/aromatic N) is 3. The van der Waals surface area contributed by atoms with E-state index in [2.05, 4.69) is 11.0 Å². The third kappa shape index (κ3) is 4.57. The maximum atomic E-state index is 12.3. The molecule has 1 aliphatic rings. The van der Waals surface area contributed by atoms with Gasteiger partial charge in [0.05, 0.1) is 25.6 Å². The second-order valence-corrected chi connectivity index (χ2v) is 8.38. The molecule has 1 fully saturated rings. The lowest BCUT2D eigenvalue weighted by molar-refractivity contribution is -0.115. The fourth-order valence-electron chi connectivity index (χ4n) is 4.15. The van der Waals surface area contributed by atoms with Gasteiger partial charge in [-0.25, -0.2) is 4.98 Å². The summed E-state index contributed by atoms with van der Waals surface area (Å²) in [4.78, 5) is 21.2. The van der Waals surface area contributed by atoms with Gasteiger partial charge in [0.1, 0.15) is 11.5 Å². The summed E-state index contributed by atoms with van der Waals surface area (Å²) in [6.45, 7) is 3.29. The topological polar surface area (TPSA) is 54.9 Å². The van der Waals surface area contributed by atoms with Crippen molar-refractivity contribution in [2.45, 2.75) is 32.4 Å². The van der Waals surface area contributed by atoms with Gasteiger partial charge >= 0.3 is 0 Å². The van der Waals surface area contributed by atoms with Gasteiger partial charge in [-0.1, -0.05) is 18.2 Å². The normalized spacial score (nSPS) is 16.3. The average molecular weight is 438 g/mol. The Morgan fingerprint density at radius 1 is 1.19 bits per heavy atom. The third-order valence-corrected chi connectivity index (χ3v) is 6.46. The SMILES string of the molecule is COc1ccc(OC)c(C2CCCN2Cc2csc(N(C(C)=O)c3ccccc3)n2)c1. The molecule has 0 bridgehead atoms. The zero-order valence-corrected chi connectivity index (χ0v) is 18.9. The van der Waals surface area contributed by atoms with E-state index in [-0.39, 0.29) is 11.9 Å². The van der Waals surface area contributed by atoms with E-state index in [0.29, 0.717) is 5.13 Å². The molecule has 31 heavy (non-hydrogen) atoms. The Labute approximate surface area is 187 Å². The van der Waals surface area contributed by atoms with Crippen molar-refractivity contribution >= 4 is 28.1 Å². The summed E-state index contributed by atoms with van der Waals surface area (Å²) >= 11 is 1.50. The van der Waals surface area contributed by atoms with Gasteiger partial charge in [-0.15, -0.1) is 11.3 Å². The van der Waals surface area contributed by atoms with Crippen LogP contribution in [0, 0.1) is 0 Å². The van der Waals surface area contributed by atoms with Crippen LogP contribution in [0.4, 0.5) is 10.8 Å². The summed E-state index contributed by atoms with van der Waals surface area (Å²) < 4.78 is 11.1. The van der Waals surface area contributed by atoms with Gasteiger partial charge in [-0.05, 0) is 49.7 Å². The molecule has 1 amide bonds. The number of carbonyl (C=O) groups is 1. The van der Waals surface area contributed by atoms with Gasteiger partial charge in [0, 0.05) is 30.5 Å². The van der Waals surface area contributed by atoms with Gasteiger partial charge in [0.15, 0.2) is 5.13 Å². The van der Waals surface area contributed by atoms with Crippen LogP contribution in [-0.2, 0) is 11.3 Å². The van der Waals surface area contributed by atoms with Crippen molar-refractivity contribution in [3.05, 3.63) is 65.2 Å². The van der Waals surface area contributed by atoms with Crippen LogP contribution in [0.5, 0.6) is 11.5 Å². The minimum Gasteiger partial charge on any atom is -0.497 e. The van der Waals surface area contributed by atoms with Crippen molar-refractivity contribution in [3.63, 3.8) is 0 Å². The highest BCUT2D eigenvalue weighted by Gasteiger charge is 2.29. The number of rotatable bonds is 7. The molecule has 2 aromatic carbocycles. The molecule has 0 N–H and O–H groups in total. The van der Waals surface area contributed by atoms with E-state index < -0.39 is 0 Å². The molecule has 1 aliphatic heterocycles. The Morgan fingerprint density at radius 2 is 2.00 bits per heavy atom. The molecule has 162 valence electrons. The van der Waals surface area contributed by atoms with Crippen molar-refractivity contribution in [3.8, 4) is 11.5 Å². The lowest BCUT2D eigenvalue weighted by atomic mass is 10.0.